The summed E-state index contributed by atoms with van der Waals surface area (Å²) in [5, 5.41) is 80.5. The highest BCUT2D eigenvalue weighted by molar-refractivity contribution is 8.00. The summed E-state index contributed by atoms with van der Waals surface area (Å²) in [5.74, 6) is 2.28. The van der Waals surface area contributed by atoms with E-state index in [9.17, 15) is 33.9 Å². The lowest BCUT2D eigenvalue weighted by molar-refractivity contribution is -0.138. The number of carboxylic acid groups (broad SMARTS) is 6. The van der Waals surface area contributed by atoms with E-state index in [1.54, 1.807) is 101 Å². The number of hydrogen-bond donors (Lipinski definition) is 9. The Labute approximate surface area is 607 Å². The van der Waals surface area contributed by atoms with Crippen molar-refractivity contribution in [1.82, 2.24) is 0 Å². The highest BCUT2D eigenvalue weighted by Crippen LogP contribution is 2.28. The smallest absolute Gasteiger partial charge is 0.303 e. The molecule has 0 saturated heterocycles. The molecule has 6 aromatic rings. The van der Waals surface area contributed by atoms with Crippen molar-refractivity contribution in [3.8, 4) is 17.2 Å². The summed E-state index contributed by atoms with van der Waals surface area (Å²) in [6, 6.07) is 44.6. The van der Waals surface area contributed by atoms with Gasteiger partial charge in [-0.05, 0) is 226 Å². The van der Waals surface area contributed by atoms with E-state index >= 15 is 0 Å². The van der Waals surface area contributed by atoms with E-state index in [-0.39, 0.29) is 43.6 Å². The minimum absolute atomic E-state index is 0.200. The van der Waals surface area contributed by atoms with Gasteiger partial charge < -0.3 is 46.0 Å². The average molecular weight is 1500 g/mol. The maximum atomic E-state index is 10.3. The van der Waals surface area contributed by atoms with Crippen LogP contribution in [0.2, 0.25) is 15.1 Å². The molecule has 0 spiro atoms. The molecular formula is C72H93Cl3O15S6. The molecule has 0 heterocycles. The molecule has 0 aliphatic rings. The number of aliphatic carboxylic acids is 6. The topological polar surface area (TPSA) is 284 Å². The predicted octanol–water partition coefficient (Wildman–Crippen LogP) is 21.6. The van der Waals surface area contributed by atoms with E-state index in [4.69, 9.17) is 75.7 Å². The van der Waals surface area contributed by atoms with Gasteiger partial charge in [0.1, 0.15) is 17.2 Å². The summed E-state index contributed by atoms with van der Waals surface area (Å²) in [7, 11) is 0. The van der Waals surface area contributed by atoms with Crippen molar-refractivity contribution in [2.45, 2.75) is 183 Å². The molecule has 0 aliphatic heterocycles. The van der Waals surface area contributed by atoms with Gasteiger partial charge in [-0.2, -0.15) is 0 Å². The lowest BCUT2D eigenvalue weighted by Gasteiger charge is -2.02. The molecule has 0 saturated carbocycles. The summed E-state index contributed by atoms with van der Waals surface area (Å²) in [6.45, 7) is 0. The van der Waals surface area contributed by atoms with Gasteiger partial charge in [-0.3, -0.25) is 28.8 Å². The zero-order valence-electron chi connectivity index (χ0n) is 54.1. The van der Waals surface area contributed by atoms with E-state index in [2.05, 4.69) is 0 Å². The molecule has 0 bridgehead atoms. The molecule has 0 radical (unpaired) electrons. The first kappa shape index (κ1) is 88.5. The fourth-order valence-electron chi connectivity index (χ4n) is 7.82. The molecule has 0 fully saturated rings. The van der Waals surface area contributed by atoms with Gasteiger partial charge >= 0.3 is 35.8 Å². The molecule has 528 valence electrons. The van der Waals surface area contributed by atoms with Gasteiger partial charge in [0, 0.05) is 83.0 Å². The normalized spacial score (nSPS) is 10.3. The van der Waals surface area contributed by atoms with Gasteiger partial charge in [-0.25, -0.2) is 0 Å². The van der Waals surface area contributed by atoms with Gasteiger partial charge in [0.05, 0.1) is 0 Å². The Kier molecular flexibility index (Phi) is 54.9. The molecule has 6 rings (SSSR count). The van der Waals surface area contributed by atoms with Gasteiger partial charge in [0.25, 0.3) is 0 Å². The van der Waals surface area contributed by atoms with Gasteiger partial charge in [-0.1, -0.05) is 104 Å². The van der Waals surface area contributed by atoms with Crippen molar-refractivity contribution in [2.75, 3.05) is 34.5 Å². The molecule has 0 amide bonds. The number of halogens is 3. The van der Waals surface area contributed by atoms with Crippen LogP contribution in [0.5, 0.6) is 17.2 Å². The van der Waals surface area contributed by atoms with Crippen LogP contribution < -0.4 is 0 Å². The van der Waals surface area contributed by atoms with Crippen LogP contribution >= 0.6 is 105 Å². The molecule has 0 unspecified atom stereocenters. The molecular weight excluding hydrogens is 1400 g/mol. The Morgan fingerprint density at radius 1 is 0.240 bits per heavy atom. The maximum absolute atomic E-state index is 10.3. The average Bonchev–Trinajstić information content (AvgIpc) is 2.56. The molecule has 0 atom stereocenters. The minimum Gasteiger partial charge on any atom is -0.508 e. The second-order valence-corrected chi connectivity index (χ2v) is 29.5. The van der Waals surface area contributed by atoms with Crippen LogP contribution in [0.15, 0.2) is 175 Å². The largest absolute Gasteiger partial charge is 0.508 e. The molecule has 0 aromatic heterocycles. The van der Waals surface area contributed by atoms with Crippen molar-refractivity contribution >= 4 is 141 Å². The Hall–Kier alpha value is -5.49. The quantitative estimate of drug-likeness (QED) is 0.0127. The number of benzene rings is 6. The third-order valence-electron chi connectivity index (χ3n) is 12.7. The summed E-state index contributed by atoms with van der Waals surface area (Å²) in [4.78, 5) is 68.3. The Morgan fingerprint density at radius 3 is 0.781 bits per heavy atom. The SMILES string of the molecule is O=C(O)CCCCCCCSc1ccc(Cl)cc1.O=C(O)CCCCCCCSc1cccc(O)c1.O=C(O)CCCCCSc1ccc(O)cc1.O=C(O)CCCCCSc1cccc(Cl)c1.O=C(O)CCCSc1ccc(Cl)cc1.O=C(O)CCCSc1cccc(O)c1. The van der Waals surface area contributed by atoms with Crippen molar-refractivity contribution in [2.24, 2.45) is 0 Å². The first-order valence-corrected chi connectivity index (χ1v) is 38.9. The van der Waals surface area contributed by atoms with Gasteiger partial charge in [0.15, 0.2) is 0 Å². The Bertz CT molecular complexity index is 3040. The Balaban J connectivity index is 0.000000577. The molecule has 6 aromatic carbocycles. The number of phenols is 3. The zero-order chi connectivity index (χ0) is 70.8. The van der Waals surface area contributed by atoms with Crippen molar-refractivity contribution < 1.29 is 74.7 Å². The number of thioether (sulfide) groups is 6. The number of phenolic OH excluding ortho intramolecular Hbond substituents is 3. The molecule has 9 N–H and O–H groups in total. The van der Waals surface area contributed by atoms with Crippen LogP contribution in [0, 0.1) is 0 Å². The number of unbranched alkanes of at least 4 members (excludes halogenated alkanes) is 12. The summed E-state index contributed by atoms with van der Waals surface area (Å²) in [6.07, 6.45) is 18.9. The molecule has 0 aliphatic carbocycles. The van der Waals surface area contributed by atoms with E-state index in [1.165, 1.54) is 22.6 Å². The molecule has 24 heteroatoms. The standard InChI is InChI=1S/C14H19ClO2S.C14H20O3S.C12H15ClO2S.C12H16O3S.C10H11ClO2S.C10H12O3S/c15-12-7-9-13(10-8-12)18-11-5-3-1-2-4-6-14(16)17;15-12-7-6-8-13(11-12)18-10-5-3-1-2-4-9-14(16)17;13-10-5-4-6-11(9-10)16-8-3-1-2-7-12(14)15;13-10-5-7-11(8-6-10)16-9-3-1-2-4-12(14)15;11-8-3-5-9(6-4-8)14-7-1-2-10(12)13;11-8-3-1-4-9(7-8)14-6-2-5-10(12)13/h7-10H,1-6,11H2,(H,16,17);6-8,11,15H,1-5,9-10H2,(H,16,17);4-6,9H,1-3,7-8H2,(H,14,15);5-8,13H,1-4,9H2,(H,14,15);3-6H,1-2,7H2,(H,12,13);1,3-4,7,11H,2,5-6H2,(H,12,13). The van der Waals surface area contributed by atoms with E-state index in [0.29, 0.717) is 25.0 Å². The van der Waals surface area contributed by atoms with Crippen LogP contribution in [0.1, 0.15) is 154 Å². The number of carbonyl (C=O) groups is 6. The lowest BCUT2D eigenvalue weighted by Crippen LogP contribution is -1.94. The number of hydrogen-bond acceptors (Lipinski definition) is 15. The lowest BCUT2D eigenvalue weighted by atomic mass is 10.1. The summed E-state index contributed by atoms with van der Waals surface area (Å²) >= 11 is 27.7. The number of aromatic hydroxyl groups is 3. The first-order valence-electron chi connectivity index (χ1n) is 31.8. The third kappa shape index (κ3) is 57.6. The van der Waals surface area contributed by atoms with Crippen molar-refractivity contribution in [3.05, 3.63) is 161 Å². The second-order valence-electron chi connectivity index (χ2n) is 21.2. The monoisotopic (exact) mass is 1490 g/mol. The van der Waals surface area contributed by atoms with Crippen molar-refractivity contribution in [1.29, 1.82) is 0 Å². The van der Waals surface area contributed by atoms with Crippen LogP contribution in [-0.4, -0.2) is 116 Å². The summed E-state index contributed by atoms with van der Waals surface area (Å²) < 4.78 is 0. The minimum atomic E-state index is -0.762. The van der Waals surface area contributed by atoms with Crippen LogP contribution in [0.3, 0.4) is 0 Å². The predicted molar refractivity (Wildman–Crippen MR) is 400 cm³/mol. The fraction of sp³-hybridized carbons (Fsp3) is 0.417. The van der Waals surface area contributed by atoms with Gasteiger partial charge in [-0.15, -0.1) is 70.6 Å². The molecule has 15 nitrogen and oxygen atoms in total. The highest BCUT2D eigenvalue weighted by atomic mass is 35.5. The first-order chi connectivity index (χ1) is 46.1. The second kappa shape index (κ2) is 59.6. The van der Waals surface area contributed by atoms with Crippen LogP contribution in [-0.2, 0) is 28.8 Å². The number of rotatable bonds is 42. The van der Waals surface area contributed by atoms with E-state index in [1.807, 2.05) is 115 Å². The number of carboxylic acids is 6. The van der Waals surface area contributed by atoms with E-state index < -0.39 is 35.8 Å². The molecule has 96 heavy (non-hydrogen) atoms. The van der Waals surface area contributed by atoms with E-state index in [0.717, 1.165) is 159 Å². The summed E-state index contributed by atoms with van der Waals surface area (Å²) in [5.41, 5.74) is 0. The third-order valence-corrected chi connectivity index (χ3v) is 20.0. The van der Waals surface area contributed by atoms with Crippen LogP contribution in [0.25, 0.3) is 0 Å². The van der Waals surface area contributed by atoms with Gasteiger partial charge in [0.2, 0.25) is 0 Å². The highest BCUT2D eigenvalue weighted by Gasteiger charge is 2.05. The van der Waals surface area contributed by atoms with Crippen LogP contribution in [0.4, 0.5) is 0 Å². The van der Waals surface area contributed by atoms with Crippen molar-refractivity contribution in [3.63, 3.8) is 0 Å². The maximum Gasteiger partial charge on any atom is 0.303 e. The Morgan fingerprint density at radius 2 is 0.479 bits per heavy atom. The zero-order valence-corrected chi connectivity index (χ0v) is 61.3. The fourth-order valence-corrected chi connectivity index (χ4v) is 13.8.